The van der Waals surface area contributed by atoms with Gasteiger partial charge in [-0.15, -0.1) is 6.58 Å². The summed E-state index contributed by atoms with van der Waals surface area (Å²) in [7, 11) is 0. The fourth-order valence-corrected chi connectivity index (χ4v) is 2.38. The Labute approximate surface area is 123 Å². The van der Waals surface area contributed by atoms with Crippen molar-refractivity contribution in [3.63, 3.8) is 0 Å². The van der Waals surface area contributed by atoms with E-state index in [-0.39, 0.29) is 11.5 Å². The van der Waals surface area contributed by atoms with Crippen LogP contribution >= 0.6 is 0 Å². The van der Waals surface area contributed by atoms with Crippen LogP contribution in [0.3, 0.4) is 0 Å². The van der Waals surface area contributed by atoms with Crippen LogP contribution in [0.15, 0.2) is 49.1 Å². The van der Waals surface area contributed by atoms with E-state index in [2.05, 4.69) is 6.58 Å². The molecular formula is C17H17NO3. The highest BCUT2D eigenvalue weighted by Crippen LogP contribution is 2.24. The lowest BCUT2D eigenvalue weighted by Gasteiger charge is -2.20. The number of amides is 1. The molecule has 0 aromatic heterocycles. The fourth-order valence-electron chi connectivity index (χ4n) is 2.38. The van der Waals surface area contributed by atoms with Crippen LogP contribution in [-0.2, 0) is 0 Å². The minimum absolute atomic E-state index is 0.145. The number of nitrogens with zero attached hydrogens (tertiary/aromatic N) is 1. The standard InChI is InChI=1S/C17H17NO3/c1-3-11-18(4-2)16(19)13-9-5-7-12-8-6-10-14(15(12)13)17(20)21/h3,5-10H,1,4,11H2,2H3,(H,20,21). The van der Waals surface area contributed by atoms with Crippen molar-refractivity contribution in [2.24, 2.45) is 0 Å². The number of fused-ring (bicyclic) bond motifs is 1. The molecule has 0 radical (unpaired) electrons. The second kappa shape index (κ2) is 6.22. The predicted molar refractivity (Wildman–Crippen MR) is 82.7 cm³/mol. The van der Waals surface area contributed by atoms with Gasteiger partial charge in [-0.2, -0.15) is 0 Å². The lowest BCUT2D eigenvalue weighted by molar-refractivity contribution is 0.0699. The van der Waals surface area contributed by atoms with E-state index in [1.54, 1.807) is 29.2 Å². The number of benzene rings is 2. The molecule has 0 fully saturated rings. The molecule has 0 unspecified atom stereocenters. The van der Waals surface area contributed by atoms with E-state index in [1.165, 1.54) is 6.07 Å². The van der Waals surface area contributed by atoms with E-state index < -0.39 is 5.97 Å². The summed E-state index contributed by atoms with van der Waals surface area (Å²) >= 11 is 0. The van der Waals surface area contributed by atoms with Crippen molar-refractivity contribution in [1.82, 2.24) is 4.90 Å². The van der Waals surface area contributed by atoms with E-state index in [0.29, 0.717) is 24.0 Å². The Bertz CT molecular complexity index is 701. The first-order chi connectivity index (χ1) is 10.1. The van der Waals surface area contributed by atoms with Gasteiger partial charge in [0, 0.05) is 24.0 Å². The van der Waals surface area contributed by atoms with Gasteiger partial charge in [0.2, 0.25) is 0 Å². The first-order valence-electron chi connectivity index (χ1n) is 6.75. The molecule has 2 aromatic carbocycles. The summed E-state index contributed by atoms with van der Waals surface area (Å²) in [6, 6.07) is 10.3. The molecule has 0 aliphatic heterocycles. The number of rotatable bonds is 5. The van der Waals surface area contributed by atoms with Crippen molar-refractivity contribution < 1.29 is 14.7 Å². The van der Waals surface area contributed by atoms with Crippen LogP contribution in [0.25, 0.3) is 10.8 Å². The number of aromatic carboxylic acids is 1. The zero-order valence-corrected chi connectivity index (χ0v) is 11.9. The summed E-state index contributed by atoms with van der Waals surface area (Å²) < 4.78 is 0. The van der Waals surface area contributed by atoms with Crippen LogP contribution in [0.4, 0.5) is 0 Å². The van der Waals surface area contributed by atoms with Gasteiger partial charge < -0.3 is 10.0 Å². The van der Waals surface area contributed by atoms with Gasteiger partial charge in [0.1, 0.15) is 0 Å². The third kappa shape index (κ3) is 2.79. The summed E-state index contributed by atoms with van der Waals surface area (Å²) in [5, 5.41) is 10.6. The van der Waals surface area contributed by atoms with Crippen LogP contribution in [-0.4, -0.2) is 35.0 Å². The molecule has 21 heavy (non-hydrogen) atoms. The maximum atomic E-state index is 12.6. The van der Waals surface area contributed by atoms with Gasteiger partial charge in [0.05, 0.1) is 5.56 Å². The van der Waals surface area contributed by atoms with E-state index in [9.17, 15) is 14.7 Å². The van der Waals surface area contributed by atoms with Crippen molar-refractivity contribution >= 4 is 22.6 Å². The Morgan fingerprint density at radius 1 is 1.19 bits per heavy atom. The molecule has 0 bridgehead atoms. The molecule has 1 N–H and O–H groups in total. The maximum Gasteiger partial charge on any atom is 0.336 e. The molecule has 1 amide bonds. The average molecular weight is 283 g/mol. The first-order valence-corrected chi connectivity index (χ1v) is 6.75. The summed E-state index contributed by atoms with van der Waals surface area (Å²) in [5.74, 6) is -1.22. The Balaban J connectivity index is 2.66. The fraction of sp³-hybridized carbons (Fsp3) is 0.176. The number of carboxylic acid groups (broad SMARTS) is 1. The second-order valence-corrected chi connectivity index (χ2v) is 4.65. The summed E-state index contributed by atoms with van der Waals surface area (Å²) in [5.41, 5.74) is 0.556. The van der Waals surface area contributed by atoms with Gasteiger partial charge in [0.25, 0.3) is 5.91 Å². The van der Waals surface area contributed by atoms with Gasteiger partial charge >= 0.3 is 5.97 Å². The molecule has 108 valence electrons. The Morgan fingerprint density at radius 3 is 2.33 bits per heavy atom. The van der Waals surface area contributed by atoms with E-state index in [0.717, 1.165) is 5.39 Å². The maximum absolute atomic E-state index is 12.6. The number of hydrogen-bond donors (Lipinski definition) is 1. The number of carbonyl (C=O) groups is 2. The molecule has 4 heteroatoms. The molecule has 2 rings (SSSR count). The van der Waals surface area contributed by atoms with Crippen molar-refractivity contribution in [2.75, 3.05) is 13.1 Å². The molecule has 0 aliphatic carbocycles. The first kappa shape index (κ1) is 14.8. The number of carbonyl (C=O) groups excluding carboxylic acids is 1. The average Bonchev–Trinajstić information content (AvgIpc) is 2.50. The smallest absolute Gasteiger partial charge is 0.336 e. The van der Waals surface area contributed by atoms with Crippen molar-refractivity contribution in [3.05, 3.63) is 60.2 Å². The minimum Gasteiger partial charge on any atom is -0.478 e. The largest absolute Gasteiger partial charge is 0.478 e. The zero-order valence-electron chi connectivity index (χ0n) is 11.9. The summed E-state index contributed by atoms with van der Waals surface area (Å²) in [6.45, 7) is 6.49. The van der Waals surface area contributed by atoms with E-state index in [4.69, 9.17) is 0 Å². The van der Waals surface area contributed by atoms with Gasteiger partial charge in [0.15, 0.2) is 0 Å². The number of likely N-dealkylation sites (N-methyl/N-ethyl adjacent to an activating group) is 1. The highest BCUT2D eigenvalue weighted by molar-refractivity contribution is 6.14. The minimum atomic E-state index is -1.03. The highest BCUT2D eigenvalue weighted by atomic mass is 16.4. The molecule has 0 saturated carbocycles. The second-order valence-electron chi connectivity index (χ2n) is 4.65. The van der Waals surface area contributed by atoms with Crippen molar-refractivity contribution in [3.8, 4) is 0 Å². The predicted octanol–water partition coefficient (Wildman–Crippen LogP) is 3.19. The van der Waals surface area contributed by atoms with Gasteiger partial charge in [-0.3, -0.25) is 4.79 Å². The molecule has 4 nitrogen and oxygen atoms in total. The lowest BCUT2D eigenvalue weighted by atomic mass is 9.98. The van der Waals surface area contributed by atoms with Crippen LogP contribution in [0.2, 0.25) is 0 Å². The number of hydrogen-bond acceptors (Lipinski definition) is 2. The van der Waals surface area contributed by atoms with Crippen molar-refractivity contribution in [2.45, 2.75) is 6.92 Å². The Hall–Kier alpha value is -2.62. The third-order valence-corrected chi connectivity index (χ3v) is 3.38. The third-order valence-electron chi connectivity index (χ3n) is 3.38. The Morgan fingerprint density at radius 2 is 1.81 bits per heavy atom. The van der Waals surface area contributed by atoms with Gasteiger partial charge in [-0.05, 0) is 24.4 Å². The van der Waals surface area contributed by atoms with Gasteiger partial charge in [-0.1, -0.05) is 30.3 Å². The monoisotopic (exact) mass is 283 g/mol. The van der Waals surface area contributed by atoms with Crippen LogP contribution in [0.1, 0.15) is 27.6 Å². The lowest BCUT2D eigenvalue weighted by Crippen LogP contribution is -2.31. The normalized spacial score (nSPS) is 10.3. The van der Waals surface area contributed by atoms with E-state index >= 15 is 0 Å². The molecule has 0 atom stereocenters. The molecule has 0 heterocycles. The highest BCUT2D eigenvalue weighted by Gasteiger charge is 2.19. The summed E-state index contributed by atoms with van der Waals surface area (Å²) in [4.78, 5) is 25.7. The molecule has 0 spiro atoms. The summed E-state index contributed by atoms with van der Waals surface area (Å²) in [6.07, 6.45) is 1.66. The van der Waals surface area contributed by atoms with Crippen molar-refractivity contribution in [1.29, 1.82) is 0 Å². The molecular weight excluding hydrogens is 266 g/mol. The van der Waals surface area contributed by atoms with Crippen LogP contribution < -0.4 is 0 Å². The molecule has 2 aromatic rings. The SMILES string of the molecule is C=CCN(CC)C(=O)c1cccc2cccc(C(=O)O)c12. The topological polar surface area (TPSA) is 57.6 Å². The molecule has 0 saturated heterocycles. The quantitative estimate of drug-likeness (QED) is 0.857. The van der Waals surface area contributed by atoms with Crippen LogP contribution in [0, 0.1) is 0 Å². The molecule has 0 aliphatic rings. The van der Waals surface area contributed by atoms with E-state index in [1.807, 2.05) is 19.1 Å². The Kier molecular flexibility index (Phi) is 4.38. The zero-order chi connectivity index (χ0) is 15.4. The number of carboxylic acids is 1. The van der Waals surface area contributed by atoms with Gasteiger partial charge in [-0.25, -0.2) is 4.79 Å². The van der Waals surface area contributed by atoms with Crippen LogP contribution in [0.5, 0.6) is 0 Å².